The van der Waals surface area contributed by atoms with Crippen molar-refractivity contribution >= 4 is 16.5 Å². The number of benzene rings is 3. The smallest absolute Gasteiger partial charge is 0.0349 e. The van der Waals surface area contributed by atoms with Crippen LogP contribution in [0.4, 0.5) is 5.69 Å². The second-order valence-electron chi connectivity index (χ2n) is 4.55. The van der Waals surface area contributed by atoms with Gasteiger partial charge in [0, 0.05) is 5.69 Å². The molecular weight excluding hydrogens is 218 g/mol. The molecule has 0 bridgehead atoms. The Hall–Kier alpha value is -2.28. The number of fused-ring (bicyclic) bond motifs is 1. The van der Waals surface area contributed by atoms with Gasteiger partial charge in [0.2, 0.25) is 0 Å². The highest BCUT2D eigenvalue weighted by atomic mass is 14.6. The van der Waals surface area contributed by atoms with Crippen LogP contribution in [0.1, 0.15) is 5.56 Å². The van der Waals surface area contributed by atoms with E-state index in [1.54, 1.807) is 0 Å². The second-order valence-corrected chi connectivity index (χ2v) is 4.55. The Morgan fingerprint density at radius 1 is 0.722 bits per heavy atom. The van der Waals surface area contributed by atoms with Crippen LogP contribution in [0.2, 0.25) is 0 Å². The standard InChI is InChI=1S/C17H15N/c1-12-14(9-5-11-17(12)18)16-10-4-7-13-6-2-3-8-15(13)16/h2-11H,18H2,1H3. The molecule has 1 nitrogen and oxygen atoms in total. The molecule has 0 aliphatic rings. The van der Waals surface area contributed by atoms with E-state index < -0.39 is 0 Å². The van der Waals surface area contributed by atoms with E-state index in [0.29, 0.717) is 0 Å². The minimum absolute atomic E-state index is 0.848. The molecule has 0 aromatic heterocycles. The average Bonchev–Trinajstić information content (AvgIpc) is 2.41. The van der Waals surface area contributed by atoms with Crippen LogP contribution < -0.4 is 5.73 Å². The van der Waals surface area contributed by atoms with Crippen molar-refractivity contribution in [3.63, 3.8) is 0 Å². The first-order valence-corrected chi connectivity index (χ1v) is 6.10. The highest BCUT2D eigenvalue weighted by Gasteiger charge is 2.07. The minimum Gasteiger partial charge on any atom is -0.398 e. The van der Waals surface area contributed by atoms with Gasteiger partial charge in [-0.05, 0) is 40.5 Å². The van der Waals surface area contributed by atoms with Gasteiger partial charge in [0.25, 0.3) is 0 Å². The van der Waals surface area contributed by atoms with Crippen LogP contribution in [0.15, 0.2) is 60.7 Å². The van der Waals surface area contributed by atoms with Crippen molar-refractivity contribution in [1.82, 2.24) is 0 Å². The molecule has 1 heteroatoms. The number of anilines is 1. The van der Waals surface area contributed by atoms with Crippen LogP contribution >= 0.6 is 0 Å². The minimum atomic E-state index is 0.848. The van der Waals surface area contributed by atoms with Crippen LogP contribution in [0.5, 0.6) is 0 Å². The zero-order valence-corrected chi connectivity index (χ0v) is 10.4. The summed E-state index contributed by atoms with van der Waals surface area (Å²) in [6.45, 7) is 2.08. The van der Waals surface area contributed by atoms with Gasteiger partial charge in [0.1, 0.15) is 0 Å². The average molecular weight is 233 g/mol. The van der Waals surface area contributed by atoms with Crippen LogP contribution in [0.3, 0.4) is 0 Å². The molecule has 0 atom stereocenters. The van der Waals surface area contributed by atoms with Crippen LogP contribution in [0, 0.1) is 6.92 Å². The fourth-order valence-corrected chi connectivity index (χ4v) is 2.41. The Morgan fingerprint density at radius 3 is 2.28 bits per heavy atom. The second kappa shape index (κ2) is 4.19. The number of hydrogen-bond donors (Lipinski definition) is 1. The lowest BCUT2D eigenvalue weighted by Gasteiger charge is -2.11. The van der Waals surface area contributed by atoms with Gasteiger partial charge in [0.05, 0.1) is 0 Å². The first kappa shape index (κ1) is 10.8. The summed E-state index contributed by atoms with van der Waals surface area (Å²) >= 11 is 0. The molecular formula is C17H15N. The van der Waals surface area contributed by atoms with Crippen molar-refractivity contribution in [2.24, 2.45) is 0 Å². The quantitative estimate of drug-likeness (QED) is 0.619. The fraction of sp³-hybridized carbons (Fsp3) is 0.0588. The highest BCUT2D eigenvalue weighted by molar-refractivity contribution is 5.97. The van der Waals surface area contributed by atoms with Crippen molar-refractivity contribution < 1.29 is 0 Å². The van der Waals surface area contributed by atoms with Gasteiger partial charge >= 0.3 is 0 Å². The Bertz CT molecular complexity index is 708. The van der Waals surface area contributed by atoms with E-state index in [4.69, 9.17) is 5.73 Å². The lowest BCUT2D eigenvalue weighted by atomic mass is 9.94. The predicted octanol–water partition coefficient (Wildman–Crippen LogP) is 4.40. The third kappa shape index (κ3) is 1.65. The van der Waals surface area contributed by atoms with Crippen molar-refractivity contribution in [2.75, 3.05) is 5.73 Å². The summed E-state index contributed by atoms with van der Waals surface area (Å²) in [5.41, 5.74) is 10.5. The summed E-state index contributed by atoms with van der Waals surface area (Å²) < 4.78 is 0. The van der Waals surface area contributed by atoms with Crippen molar-refractivity contribution in [3.8, 4) is 11.1 Å². The van der Waals surface area contributed by atoms with Crippen molar-refractivity contribution in [2.45, 2.75) is 6.92 Å². The molecule has 0 saturated heterocycles. The molecule has 0 spiro atoms. The molecule has 0 radical (unpaired) electrons. The maximum atomic E-state index is 6.00. The number of rotatable bonds is 1. The third-order valence-electron chi connectivity index (χ3n) is 3.46. The van der Waals surface area contributed by atoms with E-state index in [1.807, 2.05) is 12.1 Å². The molecule has 3 aromatic carbocycles. The molecule has 3 rings (SSSR count). The molecule has 3 aromatic rings. The van der Waals surface area contributed by atoms with Crippen LogP contribution in [-0.4, -0.2) is 0 Å². The largest absolute Gasteiger partial charge is 0.398 e. The van der Waals surface area contributed by atoms with Crippen LogP contribution in [0.25, 0.3) is 21.9 Å². The van der Waals surface area contributed by atoms with Gasteiger partial charge in [-0.25, -0.2) is 0 Å². The Labute approximate surface area is 107 Å². The highest BCUT2D eigenvalue weighted by Crippen LogP contribution is 2.32. The summed E-state index contributed by atoms with van der Waals surface area (Å²) in [5.74, 6) is 0. The summed E-state index contributed by atoms with van der Waals surface area (Å²) in [6.07, 6.45) is 0. The molecule has 0 saturated carbocycles. The third-order valence-corrected chi connectivity index (χ3v) is 3.46. The van der Waals surface area contributed by atoms with E-state index >= 15 is 0 Å². The van der Waals surface area contributed by atoms with Gasteiger partial charge < -0.3 is 5.73 Å². The van der Waals surface area contributed by atoms with E-state index in [9.17, 15) is 0 Å². The maximum absolute atomic E-state index is 6.00. The zero-order valence-electron chi connectivity index (χ0n) is 10.4. The first-order valence-electron chi connectivity index (χ1n) is 6.10. The van der Waals surface area contributed by atoms with Crippen molar-refractivity contribution in [3.05, 3.63) is 66.2 Å². The number of nitrogens with two attached hydrogens (primary N) is 1. The fourth-order valence-electron chi connectivity index (χ4n) is 2.41. The van der Waals surface area contributed by atoms with E-state index in [1.165, 1.54) is 21.9 Å². The SMILES string of the molecule is Cc1c(N)cccc1-c1cccc2ccccc12. The molecule has 0 aliphatic heterocycles. The molecule has 0 heterocycles. The van der Waals surface area contributed by atoms with Gasteiger partial charge in [-0.2, -0.15) is 0 Å². The van der Waals surface area contributed by atoms with E-state index in [-0.39, 0.29) is 0 Å². The number of nitrogen functional groups attached to an aromatic ring is 1. The van der Waals surface area contributed by atoms with Crippen LogP contribution in [-0.2, 0) is 0 Å². The Kier molecular flexibility index (Phi) is 2.52. The van der Waals surface area contributed by atoms with Gasteiger partial charge in [-0.3, -0.25) is 0 Å². The maximum Gasteiger partial charge on any atom is 0.0349 e. The summed E-state index contributed by atoms with van der Waals surface area (Å²) in [4.78, 5) is 0. The monoisotopic (exact) mass is 233 g/mol. The molecule has 18 heavy (non-hydrogen) atoms. The predicted molar refractivity (Wildman–Crippen MR) is 78.5 cm³/mol. The van der Waals surface area contributed by atoms with Gasteiger partial charge in [-0.1, -0.05) is 54.6 Å². The lowest BCUT2D eigenvalue weighted by Crippen LogP contribution is -1.92. The summed E-state index contributed by atoms with van der Waals surface area (Å²) in [6, 6.07) is 20.9. The molecule has 88 valence electrons. The Balaban J connectivity index is 2.35. The van der Waals surface area contributed by atoms with E-state index in [0.717, 1.165) is 11.3 Å². The molecule has 0 fully saturated rings. The van der Waals surface area contributed by atoms with Gasteiger partial charge in [0.15, 0.2) is 0 Å². The Morgan fingerprint density at radius 2 is 1.39 bits per heavy atom. The zero-order chi connectivity index (χ0) is 12.5. The first-order chi connectivity index (χ1) is 8.77. The van der Waals surface area contributed by atoms with E-state index in [2.05, 4.69) is 55.5 Å². The molecule has 0 unspecified atom stereocenters. The normalized spacial score (nSPS) is 10.7. The summed E-state index contributed by atoms with van der Waals surface area (Å²) in [7, 11) is 0. The topological polar surface area (TPSA) is 26.0 Å². The number of hydrogen-bond acceptors (Lipinski definition) is 1. The van der Waals surface area contributed by atoms with Gasteiger partial charge in [-0.15, -0.1) is 0 Å². The molecule has 0 amide bonds. The van der Waals surface area contributed by atoms with Crippen molar-refractivity contribution in [1.29, 1.82) is 0 Å². The summed E-state index contributed by atoms with van der Waals surface area (Å²) in [5, 5.41) is 2.53. The molecule has 0 aliphatic carbocycles. The molecule has 2 N–H and O–H groups in total. The lowest BCUT2D eigenvalue weighted by molar-refractivity contribution is 1.47.